The molecular formula is C43H51IrN3OSi-2. The number of pyridine rings is 3. The smallest absolute Gasteiger partial charge is 0.216 e. The summed E-state index contributed by atoms with van der Waals surface area (Å²) in [4.78, 5) is 14.1. The predicted octanol–water partition coefficient (Wildman–Crippen LogP) is 11.2. The second-order valence-corrected chi connectivity index (χ2v) is 21.1. The molecule has 6 aromatic rings. The molecule has 0 atom stereocenters. The van der Waals surface area contributed by atoms with Gasteiger partial charge in [-0.15, -0.1) is 54.1 Å². The molecule has 0 amide bonds. The Morgan fingerprint density at radius 1 is 0.816 bits per heavy atom. The fraction of sp³-hybridized carbons (Fsp3) is 0.372. The number of nitrogens with zero attached hydrogens (tertiary/aromatic N) is 3. The third kappa shape index (κ3) is 9.42. The van der Waals surface area contributed by atoms with Gasteiger partial charge in [0.2, 0.25) is 5.71 Å². The third-order valence-corrected chi connectivity index (χ3v) is 10.6. The van der Waals surface area contributed by atoms with Gasteiger partial charge in [0.1, 0.15) is 0 Å². The van der Waals surface area contributed by atoms with Crippen LogP contribution in [-0.2, 0) is 32.9 Å². The molecule has 2 aromatic carbocycles. The number of aryl methyl sites for hydroxylation is 1. The summed E-state index contributed by atoms with van der Waals surface area (Å²) in [6, 6.07) is 27.4. The molecular weight excluding hydrogens is 795 g/mol. The molecule has 1 radical (unpaired) electrons. The minimum absolute atomic E-state index is 0. The monoisotopic (exact) mass is 846 g/mol. The van der Waals surface area contributed by atoms with Crippen LogP contribution in [0.25, 0.3) is 44.6 Å². The predicted molar refractivity (Wildman–Crippen MR) is 206 cm³/mol. The van der Waals surface area contributed by atoms with E-state index in [4.69, 9.17) is 14.4 Å². The first kappa shape index (κ1) is 38.4. The van der Waals surface area contributed by atoms with Crippen LogP contribution < -0.4 is 5.19 Å². The van der Waals surface area contributed by atoms with Crippen LogP contribution >= 0.6 is 0 Å². The van der Waals surface area contributed by atoms with Crippen molar-refractivity contribution < 1.29 is 24.5 Å². The Balaban J connectivity index is 0.000000229. The normalized spacial score (nSPS) is 11.9. The van der Waals surface area contributed by atoms with Gasteiger partial charge in [-0.25, -0.2) is 4.98 Å². The first-order valence-corrected chi connectivity index (χ1v) is 20.8. The first-order valence-electron chi connectivity index (χ1n) is 17.3. The van der Waals surface area contributed by atoms with Crippen LogP contribution in [0, 0.1) is 30.4 Å². The Morgan fingerprint density at radius 2 is 1.53 bits per heavy atom. The molecule has 0 saturated carbocycles. The Bertz CT molecular complexity index is 2020. The van der Waals surface area contributed by atoms with Crippen LogP contribution in [0.1, 0.15) is 76.8 Å². The molecule has 0 N–H and O–H groups in total. The van der Waals surface area contributed by atoms with E-state index in [-0.39, 0.29) is 25.5 Å². The van der Waals surface area contributed by atoms with E-state index in [1.807, 2.05) is 36.5 Å². The summed E-state index contributed by atoms with van der Waals surface area (Å²) < 4.78 is 6.22. The minimum atomic E-state index is -1.34. The molecule has 6 rings (SSSR count). The number of rotatable bonds is 7. The standard InChI is InChI=1S/C25H27N2O.C18H24NSi.Ir/c1-15(2)21-11-10-19-18-8-7-9-20(23(18)28-24(19)27-21)22-12-17(13-25(4,5)6)16(3)14-26-22;1-14(2)11-16-12-17(15-9-7-6-8-10-15)19-13-18(16)20(3,4)5;/h7-8,10-12,14-15H,13H2,1-6H3;6-9,12-14H,11H2,1-5H3;/q2*-1;. The first-order chi connectivity index (χ1) is 22.6. The molecule has 4 heterocycles. The van der Waals surface area contributed by atoms with E-state index in [1.54, 1.807) is 0 Å². The van der Waals surface area contributed by atoms with Gasteiger partial charge in [-0.2, -0.15) is 0 Å². The van der Waals surface area contributed by atoms with Crippen molar-refractivity contribution >= 4 is 35.3 Å². The maximum Gasteiger partial charge on any atom is 0.216 e. The summed E-state index contributed by atoms with van der Waals surface area (Å²) >= 11 is 0. The molecule has 0 aliphatic carbocycles. The fourth-order valence-corrected chi connectivity index (χ4v) is 7.68. The molecule has 49 heavy (non-hydrogen) atoms. The molecule has 0 saturated heterocycles. The molecule has 6 heteroatoms. The minimum Gasteiger partial charge on any atom is -0.486 e. The van der Waals surface area contributed by atoms with Crippen LogP contribution in [0.4, 0.5) is 0 Å². The van der Waals surface area contributed by atoms with Gasteiger partial charge in [0.15, 0.2) is 0 Å². The molecule has 0 spiro atoms. The van der Waals surface area contributed by atoms with Crippen molar-refractivity contribution in [1.82, 2.24) is 15.0 Å². The van der Waals surface area contributed by atoms with Crippen LogP contribution in [-0.4, -0.2) is 23.0 Å². The number of hydrogen-bond donors (Lipinski definition) is 0. The summed E-state index contributed by atoms with van der Waals surface area (Å²) in [6.45, 7) is 24.9. The molecule has 0 aliphatic heterocycles. The van der Waals surface area contributed by atoms with Crippen LogP contribution in [0.15, 0.2) is 77.5 Å². The molecule has 0 bridgehead atoms. The fourth-order valence-electron chi connectivity index (χ4n) is 6.09. The van der Waals surface area contributed by atoms with Crippen LogP contribution in [0.3, 0.4) is 0 Å². The van der Waals surface area contributed by atoms with E-state index in [9.17, 15) is 0 Å². The topological polar surface area (TPSA) is 51.8 Å². The van der Waals surface area contributed by atoms with E-state index in [0.717, 1.165) is 57.4 Å². The van der Waals surface area contributed by atoms with Crippen molar-refractivity contribution in [3.63, 3.8) is 0 Å². The van der Waals surface area contributed by atoms with E-state index >= 15 is 0 Å². The van der Waals surface area contributed by atoms with Gasteiger partial charge in [-0.05, 0) is 71.3 Å². The van der Waals surface area contributed by atoms with Gasteiger partial charge in [-0.3, -0.25) is 0 Å². The zero-order chi connectivity index (χ0) is 34.8. The average Bonchev–Trinajstić information content (AvgIpc) is 3.39. The molecule has 259 valence electrons. The quantitative estimate of drug-likeness (QED) is 0.119. The Labute approximate surface area is 308 Å². The van der Waals surface area contributed by atoms with Crippen molar-refractivity contribution in [2.24, 2.45) is 11.3 Å². The van der Waals surface area contributed by atoms with E-state index < -0.39 is 8.07 Å². The van der Waals surface area contributed by atoms with Crippen LogP contribution in [0.5, 0.6) is 0 Å². The second kappa shape index (κ2) is 15.6. The van der Waals surface area contributed by atoms with Crippen molar-refractivity contribution in [3.8, 4) is 22.5 Å². The van der Waals surface area contributed by atoms with Crippen molar-refractivity contribution in [2.45, 2.75) is 93.8 Å². The second-order valence-electron chi connectivity index (χ2n) is 16.0. The molecule has 4 aromatic heterocycles. The molecule has 0 fully saturated rings. The maximum atomic E-state index is 6.22. The number of benzene rings is 2. The number of fused-ring (bicyclic) bond motifs is 3. The number of hydrogen-bond acceptors (Lipinski definition) is 4. The van der Waals surface area contributed by atoms with Crippen LogP contribution in [0.2, 0.25) is 19.6 Å². The number of furan rings is 1. The average molecular weight is 846 g/mol. The number of aromatic nitrogens is 3. The maximum absolute atomic E-state index is 6.22. The zero-order valence-corrected chi connectivity index (χ0v) is 34.5. The van der Waals surface area contributed by atoms with Gasteiger partial charge in [0.05, 0.1) is 13.7 Å². The van der Waals surface area contributed by atoms with Gasteiger partial charge in [0.25, 0.3) is 0 Å². The Kier molecular flexibility index (Phi) is 12.2. The molecule has 0 unspecified atom stereocenters. The van der Waals surface area contributed by atoms with Gasteiger partial charge in [-0.1, -0.05) is 102 Å². The van der Waals surface area contributed by atoms with E-state index in [2.05, 4.69) is 129 Å². The summed E-state index contributed by atoms with van der Waals surface area (Å²) in [5, 5.41) is 3.59. The van der Waals surface area contributed by atoms with Gasteiger partial charge >= 0.3 is 0 Å². The summed E-state index contributed by atoms with van der Waals surface area (Å²) in [5.41, 5.74) is 10.7. The Morgan fingerprint density at radius 3 is 2.16 bits per heavy atom. The van der Waals surface area contributed by atoms with Gasteiger partial charge < -0.3 is 14.4 Å². The summed E-state index contributed by atoms with van der Waals surface area (Å²) in [7, 11) is -1.34. The van der Waals surface area contributed by atoms with Crippen molar-refractivity contribution in [1.29, 1.82) is 0 Å². The van der Waals surface area contributed by atoms with Crippen molar-refractivity contribution in [2.75, 3.05) is 0 Å². The molecule has 0 aliphatic rings. The Hall–Kier alpha value is -3.44. The van der Waals surface area contributed by atoms with Gasteiger partial charge in [0, 0.05) is 43.6 Å². The SMILES string of the molecule is CC(C)Cc1cc(-c2[c-]cccc2)ncc1[Si](C)(C)C.Cc1cnc(-c2[c-]ccc3c2oc2nc(C(C)C)ccc23)cc1CC(C)(C)C.[Ir]. The zero-order valence-electron chi connectivity index (χ0n) is 31.1. The third-order valence-electron chi connectivity index (χ3n) is 8.51. The molecule has 4 nitrogen and oxygen atoms in total. The largest absolute Gasteiger partial charge is 0.486 e. The summed E-state index contributed by atoms with van der Waals surface area (Å²) in [5.74, 6) is 1.03. The summed E-state index contributed by atoms with van der Waals surface area (Å²) in [6.07, 6.45) is 6.20. The van der Waals surface area contributed by atoms with E-state index in [1.165, 1.54) is 21.9 Å². The van der Waals surface area contributed by atoms with E-state index in [0.29, 0.717) is 17.5 Å². The van der Waals surface area contributed by atoms with Crippen molar-refractivity contribution in [3.05, 3.63) is 108 Å².